The lowest BCUT2D eigenvalue weighted by Gasteiger charge is -2.04. The number of carbonyl (C=O) groups is 2. The highest BCUT2D eigenvalue weighted by molar-refractivity contribution is 7.99. The van der Waals surface area contributed by atoms with E-state index in [9.17, 15) is 9.59 Å². The minimum absolute atomic E-state index is 0.0710. The van der Waals surface area contributed by atoms with Crippen LogP contribution in [0.2, 0.25) is 0 Å². The number of hydrogen-bond donors (Lipinski definition) is 2. The Morgan fingerprint density at radius 1 is 1.35 bits per heavy atom. The maximum absolute atomic E-state index is 11.5. The molecule has 0 spiro atoms. The number of hydrogen-bond acceptors (Lipinski definition) is 6. The zero-order chi connectivity index (χ0) is 14.7. The smallest absolute Gasteiger partial charge is 0.321 e. The first-order chi connectivity index (χ1) is 9.51. The Morgan fingerprint density at radius 3 is 2.80 bits per heavy atom. The Labute approximate surface area is 119 Å². The van der Waals surface area contributed by atoms with Crippen LogP contribution in [-0.2, 0) is 4.79 Å². The van der Waals surface area contributed by atoms with Gasteiger partial charge in [0.2, 0.25) is 5.91 Å². The van der Waals surface area contributed by atoms with Gasteiger partial charge in [0.05, 0.1) is 5.75 Å². The first-order valence-electron chi connectivity index (χ1n) is 5.85. The monoisotopic (exact) mass is 294 g/mol. The summed E-state index contributed by atoms with van der Waals surface area (Å²) in [5.41, 5.74) is 1.54. The fourth-order valence-corrected chi connectivity index (χ4v) is 2.44. The molecule has 0 atom stereocenters. The van der Waals surface area contributed by atoms with Crippen LogP contribution in [0, 0.1) is 13.8 Å². The van der Waals surface area contributed by atoms with Gasteiger partial charge in [-0.05, 0) is 13.8 Å². The van der Waals surface area contributed by atoms with Crippen LogP contribution in [0.15, 0.2) is 11.2 Å². The number of aryl methyl sites for hydroxylation is 2. The number of nitrogens with zero attached hydrogens (tertiary/aromatic N) is 4. The second-order valence-corrected chi connectivity index (χ2v) is 4.98. The van der Waals surface area contributed by atoms with Crippen molar-refractivity contribution >= 4 is 29.3 Å². The number of imide groups is 1. The van der Waals surface area contributed by atoms with Crippen LogP contribution >= 0.6 is 11.8 Å². The van der Waals surface area contributed by atoms with Gasteiger partial charge >= 0.3 is 6.03 Å². The number of aromatic nitrogens is 4. The SMILES string of the molecule is CNC(=O)NC(=O)CSc1nnc2cc(C)nc(C)n12. The van der Waals surface area contributed by atoms with Gasteiger partial charge in [0.15, 0.2) is 10.8 Å². The van der Waals surface area contributed by atoms with Gasteiger partial charge in [0, 0.05) is 18.8 Å². The molecule has 2 aromatic rings. The molecule has 0 saturated heterocycles. The van der Waals surface area contributed by atoms with Gasteiger partial charge in [0.25, 0.3) is 0 Å². The molecule has 8 nitrogen and oxygen atoms in total. The molecule has 0 aliphatic carbocycles. The molecule has 0 bridgehead atoms. The summed E-state index contributed by atoms with van der Waals surface area (Å²) >= 11 is 1.19. The summed E-state index contributed by atoms with van der Waals surface area (Å²) in [6.45, 7) is 3.73. The van der Waals surface area contributed by atoms with Crippen molar-refractivity contribution in [2.75, 3.05) is 12.8 Å². The Bertz CT molecular complexity index is 668. The minimum atomic E-state index is -0.532. The molecule has 20 heavy (non-hydrogen) atoms. The van der Waals surface area contributed by atoms with Gasteiger partial charge in [-0.15, -0.1) is 10.2 Å². The van der Waals surface area contributed by atoms with Gasteiger partial charge in [-0.3, -0.25) is 14.5 Å². The topological polar surface area (TPSA) is 101 Å². The highest BCUT2D eigenvalue weighted by Crippen LogP contribution is 2.18. The summed E-state index contributed by atoms with van der Waals surface area (Å²) < 4.78 is 1.77. The van der Waals surface area contributed by atoms with E-state index in [0.717, 1.165) is 11.5 Å². The predicted octanol–water partition coefficient (Wildman–Crippen LogP) is 0.289. The number of carbonyl (C=O) groups excluding carboxylic acids is 2. The zero-order valence-electron chi connectivity index (χ0n) is 11.3. The number of amides is 3. The lowest BCUT2D eigenvalue weighted by molar-refractivity contribution is -0.117. The third-order valence-electron chi connectivity index (χ3n) is 2.47. The molecular weight excluding hydrogens is 280 g/mol. The Hall–Kier alpha value is -2.16. The second kappa shape index (κ2) is 5.87. The first kappa shape index (κ1) is 14.3. The van der Waals surface area contributed by atoms with Gasteiger partial charge < -0.3 is 5.32 Å². The van der Waals surface area contributed by atoms with E-state index < -0.39 is 11.9 Å². The first-order valence-corrected chi connectivity index (χ1v) is 6.83. The van der Waals surface area contributed by atoms with E-state index in [1.54, 1.807) is 4.40 Å². The molecule has 0 unspecified atom stereocenters. The Kier molecular flexibility index (Phi) is 4.18. The average molecular weight is 294 g/mol. The van der Waals surface area contributed by atoms with Gasteiger partial charge in [0.1, 0.15) is 5.82 Å². The van der Waals surface area contributed by atoms with Crippen LogP contribution in [0.4, 0.5) is 4.79 Å². The van der Waals surface area contributed by atoms with Crippen LogP contribution in [0.3, 0.4) is 0 Å². The largest absolute Gasteiger partial charge is 0.341 e. The normalized spacial score (nSPS) is 10.6. The molecule has 3 amide bonds. The summed E-state index contributed by atoms with van der Waals surface area (Å²) in [6.07, 6.45) is 0. The minimum Gasteiger partial charge on any atom is -0.341 e. The van der Waals surface area contributed by atoms with Crippen LogP contribution in [0.5, 0.6) is 0 Å². The summed E-state index contributed by atoms with van der Waals surface area (Å²) in [5.74, 6) is 0.421. The standard InChI is InChI=1S/C11H14N6O2S/c1-6-4-8-15-16-11(17(8)7(2)13-6)20-5-9(18)14-10(19)12-3/h4H,5H2,1-3H3,(H2,12,14,18,19). The van der Waals surface area contributed by atoms with Crippen LogP contribution in [0.1, 0.15) is 11.5 Å². The van der Waals surface area contributed by atoms with E-state index in [4.69, 9.17) is 0 Å². The van der Waals surface area contributed by atoms with E-state index >= 15 is 0 Å². The summed E-state index contributed by atoms with van der Waals surface area (Å²) in [4.78, 5) is 26.8. The maximum atomic E-state index is 11.5. The van der Waals surface area contributed by atoms with Crippen molar-refractivity contribution in [1.29, 1.82) is 0 Å². The lowest BCUT2D eigenvalue weighted by atomic mass is 10.4. The van der Waals surface area contributed by atoms with Crippen LogP contribution < -0.4 is 10.6 Å². The predicted molar refractivity (Wildman–Crippen MR) is 73.6 cm³/mol. The number of thioether (sulfide) groups is 1. The molecule has 0 saturated carbocycles. The molecule has 0 aliphatic heterocycles. The van der Waals surface area contributed by atoms with Gasteiger partial charge in [-0.1, -0.05) is 11.8 Å². The van der Waals surface area contributed by atoms with Crippen molar-refractivity contribution in [3.8, 4) is 0 Å². The van der Waals surface area contributed by atoms with E-state index in [1.165, 1.54) is 18.8 Å². The van der Waals surface area contributed by atoms with Crippen LogP contribution in [0.25, 0.3) is 5.65 Å². The number of nitrogens with one attached hydrogen (secondary N) is 2. The Balaban J connectivity index is 2.11. The summed E-state index contributed by atoms with van der Waals surface area (Å²) in [5, 5.41) is 13.1. The molecule has 2 aromatic heterocycles. The second-order valence-electron chi connectivity index (χ2n) is 4.04. The molecular formula is C11H14N6O2S. The molecule has 0 aliphatic rings. The lowest BCUT2D eigenvalue weighted by Crippen LogP contribution is -2.38. The highest BCUT2D eigenvalue weighted by atomic mass is 32.2. The number of fused-ring (bicyclic) bond motifs is 1. The fourth-order valence-electron chi connectivity index (χ4n) is 1.65. The van der Waals surface area contributed by atoms with E-state index in [2.05, 4.69) is 25.8 Å². The molecule has 2 N–H and O–H groups in total. The van der Waals surface area contributed by atoms with Crippen molar-refractivity contribution < 1.29 is 9.59 Å². The number of rotatable bonds is 3. The molecule has 0 radical (unpaired) electrons. The van der Waals surface area contributed by atoms with Gasteiger partial charge in [-0.25, -0.2) is 9.78 Å². The third kappa shape index (κ3) is 3.05. The van der Waals surface area contributed by atoms with Crippen molar-refractivity contribution in [1.82, 2.24) is 30.2 Å². The number of urea groups is 1. The fraction of sp³-hybridized carbons (Fsp3) is 0.364. The van der Waals surface area contributed by atoms with Crippen molar-refractivity contribution in [3.63, 3.8) is 0 Å². The molecule has 106 valence electrons. The van der Waals surface area contributed by atoms with Crippen molar-refractivity contribution in [2.45, 2.75) is 19.0 Å². The van der Waals surface area contributed by atoms with Gasteiger partial charge in [-0.2, -0.15) is 0 Å². The van der Waals surface area contributed by atoms with E-state index in [0.29, 0.717) is 10.8 Å². The van der Waals surface area contributed by atoms with E-state index in [-0.39, 0.29) is 5.75 Å². The average Bonchev–Trinajstić information content (AvgIpc) is 2.79. The molecule has 2 rings (SSSR count). The summed E-state index contributed by atoms with van der Waals surface area (Å²) in [6, 6.07) is 1.28. The highest BCUT2D eigenvalue weighted by Gasteiger charge is 2.13. The van der Waals surface area contributed by atoms with Crippen molar-refractivity contribution in [3.05, 3.63) is 17.6 Å². The third-order valence-corrected chi connectivity index (χ3v) is 3.40. The quantitative estimate of drug-likeness (QED) is 0.789. The maximum Gasteiger partial charge on any atom is 0.321 e. The molecule has 2 heterocycles. The molecule has 9 heteroatoms. The van der Waals surface area contributed by atoms with Crippen molar-refractivity contribution in [2.24, 2.45) is 0 Å². The van der Waals surface area contributed by atoms with E-state index in [1.807, 2.05) is 19.9 Å². The summed E-state index contributed by atoms with van der Waals surface area (Å²) in [7, 11) is 1.44. The Morgan fingerprint density at radius 2 is 2.10 bits per heavy atom. The molecule has 0 fully saturated rings. The van der Waals surface area contributed by atoms with Crippen LogP contribution in [-0.4, -0.2) is 44.3 Å². The zero-order valence-corrected chi connectivity index (χ0v) is 12.1. The molecule has 0 aromatic carbocycles.